The lowest BCUT2D eigenvalue weighted by atomic mass is 10.2. The molecule has 1 aromatic carbocycles. The number of hydrogen-bond acceptors (Lipinski definition) is 3. The summed E-state index contributed by atoms with van der Waals surface area (Å²) in [7, 11) is 0. The highest BCUT2D eigenvalue weighted by molar-refractivity contribution is 5.94. The maximum atomic E-state index is 11.5. The van der Waals surface area contributed by atoms with Crippen molar-refractivity contribution in [3.63, 3.8) is 0 Å². The van der Waals surface area contributed by atoms with Gasteiger partial charge >= 0.3 is 0 Å². The molecule has 3 rings (SSSR count). The Morgan fingerprint density at radius 2 is 1.60 bits per heavy atom. The molecule has 2 aliphatic heterocycles. The molecule has 1 N–H and O–H groups in total. The third-order valence-corrected chi connectivity index (χ3v) is 4.21. The van der Waals surface area contributed by atoms with Crippen molar-refractivity contribution in [2.75, 3.05) is 41.3 Å². The van der Waals surface area contributed by atoms with Gasteiger partial charge in [0.15, 0.2) is 0 Å². The fraction of sp³-hybridized carbons (Fsp3) is 0.562. The van der Waals surface area contributed by atoms with Gasteiger partial charge in [0.1, 0.15) is 0 Å². The minimum atomic E-state index is 0.00372. The third-order valence-electron chi connectivity index (χ3n) is 4.21. The summed E-state index contributed by atoms with van der Waals surface area (Å²) in [5.74, 6) is 0.00372. The number of rotatable bonds is 3. The van der Waals surface area contributed by atoms with Crippen LogP contribution >= 0.6 is 0 Å². The van der Waals surface area contributed by atoms with E-state index in [1.807, 2.05) is 0 Å². The first-order chi connectivity index (χ1) is 9.74. The molecule has 0 atom stereocenters. The molecule has 4 heteroatoms. The molecule has 2 fully saturated rings. The summed E-state index contributed by atoms with van der Waals surface area (Å²) in [4.78, 5) is 16.2. The summed E-state index contributed by atoms with van der Waals surface area (Å²) in [5, 5.41) is 3.01. The Bertz CT molecular complexity index is 488. The van der Waals surface area contributed by atoms with Gasteiger partial charge in [-0.15, -0.1) is 0 Å². The van der Waals surface area contributed by atoms with Gasteiger partial charge in [0.25, 0.3) is 0 Å². The van der Waals surface area contributed by atoms with Gasteiger partial charge in [0, 0.05) is 38.8 Å². The molecule has 108 valence electrons. The fourth-order valence-corrected chi connectivity index (χ4v) is 3.22. The van der Waals surface area contributed by atoms with Crippen LogP contribution in [-0.4, -0.2) is 32.1 Å². The molecule has 2 saturated heterocycles. The van der Waals surface area contributed by atoms with Crippen LogP contribution in [0.15, 0.2) is 18.2 Å². The van der Waals surface area contributed by atoms with E-state index in [0.29, 0.717) is 0 Å². The highest BCUT2D eigenvalue weighted by Gasteiger charge is 2.19. The SMILES string of the molecule is CC(=O)Nc1cc(N2CCCC2)ccc1N1CCCC1. The molecule has 1 amide bonds. The minimum Gasteiger partial charge on any atom is -0.371 e. The first kappa shape index (κ1) is 13.3. The summed E-state index contributed by atoms with van der Waals surface area (Å²) in [6.07, 6.45) is 5.02. The second kappa shape index (κ2) is 5.73. The van der Waals surface area contributed by atoms with E-state index in [4.69, 9.17) is 0 Å². The van der Waals surface area contributed by atoms with Gasteiger partial charge < -0.3 is 15.1 Å². The summed E-state index contributed by atoms with van der Waals surface area (Å²) < 4.78 is 0. The Labute approximate surface area is 120 Å². The van der Waals surface area contributed by atoms with Crippen molar-refractivity contribution >= 4 is 23.0 Å². The van der Waals surface area contributed by atoms with Crippen LogP contribution in [0, 0.1) is 0 Å². The molecule has 1 aromatic rings. The fourth-order valence-electron chi connectivity index (χ4n) is 3.22. The Morgan fingerprint density at radius 3 is 2.20 bits per heavy atom. The predicted octanol–water partition coefficient (Wildman–Crippen LogP) is 2.85. The maximum Gasteiger partial charge on any atom is 0.221 e. The van der Waals surface area contributed by atoms with E-state index in [2.05, 4.69) is 33.3 Å². The van der Waals surface area contributed by atoms with Gasteiger partial charge in [0.05, 0.1) is 11.4 Å². The lowest BCUT2D eigenvalue weighted by Crippen LogP contribution is -2.22. The van der Waals surface area contributed by atoms with Gasteiger partial charge in [-0.2, -0.15) is 0 Å². The summed E-state index contributed by atoms with van der Waals surface area (Å²) in [6.45, 7) is 6.02. The van der Waals surface area contributed by atoms with Crippen molar-refractivity contribution in [2.24, 2.45) is 0 Å². The van der Waals surface area contributed by atoms with E-state index in [9.17, 15) is 4.79 Å². The van der Waals surface area contributed by atoms with Crippen LogP contribution < -0.4 is 15.1 Å². The van der Waals surface area contributed by atoms with Crippen molar-refractivity contribution in [3.8, 4) is 0 Å². The van der Waals surface area contributed by atoms with Crippen molar-refractivity contribution in [1.29, 1.82) is 0 Å². The molecule has 2 heterocycles. The van der Waals surface area contributed by atoms with Crippen LogP contribution in [0.1, 0.15) is 32.6 Å². The monoisotopic (exact) mass is 273 g/mol. The summed E-state index contributed by atoms with van der Waals surface area (Å²) >= 11 is 0. The number of carbonyl (C=O) groups is 1. The highest BCUT2D eigenvalue weighted by atomic mass is 16.1. The van der Waals surface area contributed by atoms with Crippen LogP contribution in [-0.2, 0) is 4.79 Å². The number of anilines is 3. The molecule has 0 aliphatic carbocycles. The van der Waals surface area contributed by atoms with E-state index in [0.717, 1.165) is 31.9 Å². The molecular weight excluding hydrogens is 250 g/mol. The van der Waals surface area contributed by atoms with Gasteiger partial charge in [0.2, 0.25) is 5.91 Å². The molecular formula is C16H23N3O. The molecule has 2 aliphatic rings. The first-order valence-electron chi connectivity index (χ1n) is 7.65. The van der Waals surface area contributed by atoms with Crippen molar-refractivity contribution in [2.45, 2.75) is 32.6 Å². The number of nitrogens with one attached hydrogen (secondary N) is 1. The van der Waals surface area contributed by atoms with Crippen LogP contribution in [0.25, 0.3) is 0 Å². The third kappa shape index (κ3) is 2.74. The summed E-state index contributed by atoms with van der Waals surface area (Å²) in [5.41, 5.74) is 3.36. The second-order valence-electron chi connectivity index (χ2n) is 5.77. The number of carbonyl (C=O) groups excluding carboxylic acids is 1. The smallest absolute Gasteiger partial charge is 0.221 e. The average Bonchev–Trinajstić information content (AvgIpc) is 3.12. The maximum absolute atomic E-state index is 11.5. The van der Waals surface area contributed by atoms with Gasteiger partial charge in [-0.1, -0.05) is 0 Å². The van der Waals surface area contributed by atoms with E-state index >= 15 is 0 Å². The van der Waals surface area contributed by atoms with Gasteiger partial charge in [-0.3, -0.25) is 4.79 Å². The zero-order chi connectivity index (χ0) is 13.9. The van der Waals surface area contributed by atoms with Crippen LogP contribution in [0.5, 0.6) is 0 Å². The van der Waals surface area contributed by atoms with Gasteiger partial charge in [-0.25, -0.2) is 0 Å². The number of hydrogen-bond donors (Lipinski definition) is 1. The van der Waals surface area contributed by atoms with Gasteiger partial charge in [-0.05, 0) is 43.9 Å². The topological polar surface area (TPSA) is 35.6 Å². The quantitative estimate of drug-likeness (QED) is 0.920. The lowest BCUT2D eigenvalue weighted by molar-refractivity contribution is -0.114. The van der Waals surface area contributed by atoms with Crippen molar-refractivity contribution in [1.82, 2.24) is 0 Å². The number of amides is 1. The lowest BCUT2D eigenvalue weighted by Gasteiger charge is -2.24. The normalized spacial score (nSPS) is 18.6. The second-order valence-corrected chi connectivity index (χ2v) is 5.77. The zero-order valence-electron chi connectivity index (χ0n) is 12.2. The molecule has 0 bridgehead atoms. The molecule has 0 saturated carbocycles. The average molecular weight is 273 g/mol. The Balaban J connectivity index is 1.90. The highest BCUT2D eigenvalue weighted by Crippen LogP contribution is 2.33. The largest absolute Gasteiger partial charge is 0.371 e. The first-order valence-corrected chi connectivity index (χ1v) is 7.65. The molecule has 0 unspecified atom stereocenters. The van der Waals surface area contributed by atoms with Crippen LogP contribution in [0.4, 0.5) is 17.1 Å². The Kier molecular flexibility index (Phi) is 3.81. The van der Waals surface area contributed by atoms with E-state index < -0.39 is 0 Å². The minimum absolute atomic E-state index is 0.00372. The summed E-state index contributed by atoms with van der Waals surface area (Å²) in [6, 6.07) is 6.51. The van der Waals surface area contributed by atoms with Crippen molar-refractivity contribution < 1.29 is 4.79 Å². The molecule has 4 nitrogen and oxygen atoms in total. The predicted molar refractivity (Wildman–Crippen MR) is 83.6 cm³/mol. The number of nitrogens with zero attached hydrogens (tertiary/aromatic N) is 2. The van der Waals surface area contributed by atoms with E-state index in [1.165, 1.54) is 37.1 Å². The zero-order valence-corrected chi connectivity index (χ0v) is 12.2. The Hall–Kier alpha value is -1.71. The van der Waals surface area contributed by atoms with Crippen molar-refractivity contribution in [3.05, 3.63) is 18.2 Å². The molecule has 0 spiro atoms. The van der Waals surface area contributed by atoms with E-state index in [1.54, 1.807) is 6.92 Å². The molecule has 20 heavy (non-hydrogen) atoms. The Morgan fingerprint density at radius 1 is 1.00 bits per heavy atom. The molecule has 0 radical (unpaired) electrons. The standard InChI is InChI=1S/C16H23N3O/c1-13(20)17-15-12-14(18-8-2-3-9-18)6-7-16(15)19-10-4-5-11-19/h6-7,12H,2-5,8-11H2,1H3,(H,17,20). The van der Waals surface area contributed by atoms with Crippen LogP contribution in [0.2, 0.25) is 0 Å². The van der Waals surface area contributed by atoms with Crippen LogP contribution in [0.3, 0.4) is 0 Å². The number of benzene rings is 1. The molecule has 0 aromatic heterocycles. The van der Waals surface area contributed by atoms with E-state index in [-0.39, 0.29) is 5.91 Å².